The number of aromatic nitrogens is 4. The lowest BCUT2D eigenvalue weighted by Crippen LogP contribution is -2.45. The van der Waals surface area contributed by atoms with Gasteiger partial charge in [0.1, 0.15) is 5.69 Å². The zero-order valence-electron chi connectivity index (χ0n) is 14.8. The molecule has 0 amide bonds. The van der Waals surface area contributed by atoms with Crippen LogP contribution < -0.4 is 0 Å². The second kappa shape index (κ2) is 7.19. The number of hydrogen-bond donors (Lipinski definition) is 0. The summed E-state index contributed by atoms with van der Waals surface area (Å²) >= 11 is 0. The lowest BCUT2D eigenvalue weighted by atomic mass is 9.93. The molecule has 1 fully saturated rings. The Bertz CT molecular complexity index is 833. The quantitative estimate of drug-likeness (QED) is 0.788. The molecule has 3 rings (SSSR count). The molecule has 0 aliphatic carbocycles. The topological polar surface area (TPSA) is 84.2 Å². The number of rotatable bonds is 5. The van der Waals surface area contributed by atoms with E-state index in [0.29, 0.717) is 19.5 Å². The molecular formula is C16H24N6O2S. The van der Waals surface area contributed by atoms with Crippen LogP contribution in [0.15, 0.2) is 24.7 Å². The van der Waals surface area contributed by atoms with Crippen molar-refractivity contribution in [2.45, 2.75) is 19.3 Å². The molecule has 0 bridgehead atoms. The summed E-state index contributed by atoms with van der Waals surface area (Å²) in [7, 11) is 1.65. The van der Waals surface area contributed by atoms with Crippen LogP contribution in [0.3, 0.4) is 0 Å². The van der Waals surface area contributed by atoms with Gasteiger partial charge in [0.15, 0.2) is 0 Å². The Balaban J connectivity index is 1.81. The Labute approximate surface area is 148 Å². The number of aryl methyl sites for hydroxylation is 1. The number of nitrogens with zero attached hydrogens (tertiary/aromatic N) is 6. The summed E-state index contributed by atoms with van der Waals surface area (Å²) in [6.07, 6.45) is 7.65. The van der Waals surface area contributed by atoms with Crippen LogP contribution in [0.5, 0.6) is 0 Å². The molecule has 1 atom stereocenters. The van der Waals surface area contributed by atoms with Gasteiger partial charge < -0.3 is 0 Å². The fourth-order valence-corrected chi connectivity index (χ4v) is 4.46. The summed E-state index contributed by atoms with van der Waals surface area (Å²) in [5.74, 6) is 0.229. The van der Waals surface area contributed by atoms with Crippen LogP contribution in [0.2, 0.25) is 0 Å². The van der Waals surface area contributed by atoms with Crippen molar-refractivity contribution in [1.29, 1.82) is 0 Å². The molecular weight excluding hydrogens is 340 g/mol. The zero-order chi connectivity index (χ0) is 18.0. The maximum atomic E-state index is 12.4. The second-order valence-corrected chi connectivity index (χ2v) is 8.69. The van der Waals surface area contributed by atoms with E-state index in [1.54, 1.807) is 41.7 Å². The van der Waals surface area contributed by atoms with Gasteiger partial charge in [-0.15, -0.1) is 0 Å². The summed E-state index contributed by atoms with van der Waals surface area (Å²) < 4.78 is 29.4. The molecule has 0 unspecified atom stereocenters. The minimum absolute atomic E-state index is 0.229. The predicted octanol–water partition coefficient (Wildman–Crippen LogP) is 0.938. The predicted molar refractivity (Wildman–Crippen MR) is 94.8 cm³/mol. The molecule has 3 heterocycles. The first-order chi connectivity index (χ1) is 11.9. The summed E-state index contributed by atoms with van der Waals surface area (Å²) in [6, 6.07) is 1.91. The molecule has 1 aliphatic rings. The first kappa shape index (κ1) is 18.0. The van der Waals surface area contributed by atoms with Gasteiger partial charge in [0, 0.05) is 52.8 Å². The molecule has 1 aliphatic heterocycles. The maximum Gasteiger partial charge on any atom is 0.281 e. The molecule has 9 heteroatoms. The first-order valence-electron chi connectivity index (χ1n) is 8.35. The van der Waals surface area contributed by atoms with E-state index in [0.717, 1.165) is 29.9 Å². The smallest absolute Gasteiger partial charge is 0.266 e. The third-order valence-corrected chi connectivity index (χ3v) is 6.50. The minimum atomic E-state index is -3.37. The Hall–Kier alpha value is -1.84. The largest absolute Gasteiger partial charge is 0.281 e. The van der Waals surface area contributed by atoms with Gasteiger partial charge in [0.2, 0.25) is 0 Å². The molecule has 2 aromatic rings. The van der Waals surface area contributed by atoms with E-state index in [1.165, 1.54) is 4.31 Å². The molecule has 136 valence electrons. The van der Waals surface area contributed by atoms with Crippen molar-refractivity contribution >= 4 is 10.2 Å². The average molecular weight is 364 g/mol. The fraction of sp³-hybridized carbons (Fsp3) is 0.562. The molecule has 2 aromatic heterocycles. The van der Waals surface area contributed by atoms with Crippen molar-refractivity contribution in [2.75, 3.05) is 27.2 Å². The Morgan fingerprint density at radius 1 is 1.24 bits per heavy atom. The lowest BCUT2D eigenvalue weighted by molar-refractivity contribution is 0.253. The van der Waals surface area contributed by atoms with Crippen LogP contribution in [0, 0.1) is 5.92 Å². The number of piperidine rings is 1. The maximum absolute atomic E-state index is 12.4. The van der Waals surface area contributed by atoms with Crippen LogP contribution in [0.25, 0.3) is 11.4 Å². The SMILES string of the molecule is CN(C)S(=O)(=O)N1CCC[C@@H](Cc2nccnc2-c2ccnn2C)C1. The van der Waals surface area contributed by atoms with Crippen molar-refractivity contribution in [3.8, 4) is 11.4 Å². The van der Waals surface area contributed by atoms with Gasteiger partial charge in [-0.1, -0.05) is 0 Å². The molecule has 0 N–H and O–H groups in total. The van der Waals surface area contributed by atoms with E-state index in [2.05, 4.69) is 15.1 Å². The van der Waals surface area contributed by atoms with Crippen LogP contribution in [-0.2, 0) is 23.7 Å². The van der Waals surface area contributed by atoms with Crippen LogP contribution in [0.1, 0.15) is 18.5 Å². The summed E-state index contributed by atoms with van der Waals surface area (Å²) in [5, 5.41) is 4.20. The molecule has 1 saturated heterocycles. The fourth-order valence-electron chi connectivity index (χ4n) is 3.24. The van der Waals surface area contributed by atoms with E-state index in [1.807, 2.05) is 13.1 Å². The Morgan fingerprint density at radius 3 is 2.68 bits per heavy atom. The third kappa shape index (κ3) is 3.73. The van der Waals surface area contributed by atoms with Gasteiger partial charge in [0.05, 0.1) is 11.4 Å². The minimum Gasteiger partial charge on any atom is -0.266 e. The van der Waals surface area contributed by atoms with Crippen molar-refractivity contribution < 1.29 is 8.42 Å². The van der Waals surface area contributed by atoms with Gasteiger partial charge >= 0.3 is 0 Å². The van der Waals surface area contributed by atoms with Crippen molar-refractivity contribution in [3.63, 3.8) is 0 Å². The first-order valence-corrected chi connectivity index (χ1v) is 9.75. The normalized spacial score (nSPS) is 19.4. The van der Waals surface area contributed by atoms with Crippen molar-refractivity contribution in [2.24, 2.45) is 13.0 Å². The van der Waals surface area contributed by atoms with E-state index in [-0.39, 0.29) is 5.92 Å². The monoisotopic (exact) mass is 364 g/mol. The van der Waals surface area contributed by atoms with E-state index < -0.39 is 10.2 Å². The molecule has 0 saturated carbocycles. The molecule has 25 heavy (non-hydrogen) atoms. The Kier molecular flexibility index (Phi) is 5.16. The number of hydrogen-bond acceptors (Lipinski definition) is 5. The van der Waals surface area contributed by atoms with E-state index in [4.69, 9.17) is 0 Å². The van der Waals surface area contributed by atoms with Gasteiger partial charge in [-0.05, 0) is 31.2 Å². The third-order valence-electron chi connectivity index (χ3n) is 4.59. The van der Waals surface area contributed by atoms with Crippen LogP contribution in [0.4, 0.5) is 0 Å². The summed E-state index contributed by atoms with van der Waals surface area (Å²) in [6.45, 7) is 1.09. The Morgan fingerprint density at radius 2 is 2.00 bits per heavy atom. The summed E-state index contributed by atoms with van der Waals surface area (Å²) in [5.41, 5.74) is 2.62. The van der Waals surface area contributed by atoms with Crippen LogP contribution >= 0.6 is 0 Å². The van der Waals surface area contributed by atoms with Crippen LogP contribution in [-0.4, -0.2) is 64.0 Å². The highest BCUT2D eigenvalue weighted by atomic mass is 32.2. The molecule has 0 aromatic carbocycles. The van der Waals surface area contributed by atoms with Gasteiger partial charge in [-0.2, -0.15) is 22.1 Å². The highest BCUT2D eigenvalue weighted by Crippen LogP contribution is 2.26. The highest BCUT2D eigenvalue weighted by molar-refractivity contribution is 7.86. The summed E-state index contributed by atoms with van der Waals surface area (Å²) in [4.78, 5) is 8.99. The molecule has 8 nitrogen and oxygen atoms in total. The lowest BCUT2D eigenvalue weighted by Gasteiger charge is -2.33. The standard InChI is InChI=1S/C16H24N6O2S/c1-20(2)25(23,24)22-10-4-5-13(12-22)11-14-16(18-9-8-17-14)15-6-7-19-21(15)3/h6-9,13H,4-5,10-12H2,1-3H3/t13-/m0/s1. The zero-order valence-corrected chi connectivity index (χ0v) is 15.6. The second-order valence-electron chi connectivity index (χ2n) is 6.55. The molecule has 0 radical (unpaired) electrons. The van der Waals surface area contributed by atoms with Crippen molar-refractivity contribution in [1.82, 2.24) is 28.4 Å². The van der Waals surface area contributed by atoms with E-state index >= 15 is 0 Å². The van der Waals surface area contributed by atoms with Gasteiger partial charge in [0.25, 0.3) is 10.2 Å². The van der Waals surface area contributed by atoms with Gasteiger partial charge in [-0.25, -0.2) is 0 Å². The molecule has 0 spiro atoms. The highest BCUT2D eigenvalue weighted by Gasteiger charge is 2.31. The van der Waals surface area contributed by atoms with Gasteiger partial charge in [-0.3, -0.25) is 14.6 Å². The van der Waals surface area contributed by atoms with Crippen molar-refractivity contribution in [3.05, 3.63) is 30.4 Å². The van der Waals surface area contributed by atoms with E-state index in [9.17, 15) is 8.42 Å². The average Bonchev–Trinajstić information content (AvgIpc) is 3.01.